The van der Waals surface area contributed by atoms with Crippen molar-refractivity contribution in [3.8, 4) is 5.75 Å². The molecule has 9 heteroatoms. The van der Waals surface area contributed by atoms with Crippen molar-refractivity contribution in [3.63, 3.8) is 0 Å². The van der Waals surface area contributed by atoms with Crippen molar-refractivity contribution in [2.24, 2.45) is 0 Å². The van der Waals surface area contributed by atoms with Gasteiger partial charge in [-0.3, -0.25) is 0 Å². The van der Waals surface area contributed by atoms with Crippen molar-refractivity contribution >= 4 is 34.6 Å². The van der Waals surface area contributed by atoms with E-state index in [1.54, 1.807) is 19.5 Å². The first kappa shape index (κ1) is 30.6. The molecule has 208 valence electrons. The highest BCUT2D eigenvalue weighted by Gasteiger charge is 2.19. The molecule has 0 bridgehead atoms. The monoisotopic (exact) mass is 522 g/mol. The fourth-order valence-electron chi connectivity index (χ4n) is 4.06. The zero-order chi connectivity index (χ0) is 28.2. The van der Waals surface area contributed by atoms with Gasteiger partial charge in [-0.25, -0.2) is 9.97 Å². The lowest BCUT2D eigenvalue weighted by molar-refractivity contribution is 0.312. The number of likely N-dealkylation sites (N-methyl/N-ethyl adjacent to an activating group) is 1. The molecular formula is C29H46N8O. The number of aromatic nitrogens is 3. The lowest BCUT2D eigenvalue weighted by Gasteiger charge is -2.35. The van der Waals surface area contributed by atoms with E-state index in [2.05, 4.69) is 56.5 Å². The topological polar surface area (TPSA) is 81.7 Å². The number of anilines is 6. The largest absolute Gasteiger partial charge is 0.494 e. The van der Waals surface area contributed by atoms with Crippen molar-refractivity contribution in [3.05, 3.63) is 47.8 Å². The summed E-state index contributed by atoms with van der Waals surface area (Å²) in [7, 11) is 7.79. The van der Waals surface area contributed by atoms with Gasteiger partial charge < -0.3 is 30.1 Å². The second kappa shape index (κ2) is 15.0. The van der Waals surface area contributed by atoms with Gasteiger partial charge in [0.25, 0.3) is 0 Å². The minimum absolute atomic E-state index is 0.494. The SMILES string of the molecule is CC.CC.COc1cc(N2CCN(C)CC2)c(C)cc1Nc1ncc(C)c(Nc2cccnc2N(C)C)n1. The summed E-state index contributed by atoms with van der Waals surface area (Å²) in [4.78, 5) is 20.4. The smallest absolute Gasteiger partial charge is 0.229 e. The summed E-state index contributed by atoms with van der Waals surface area (Å²) < 4.78 is 5.73. The minimum Gasteiger partial charge on any atom is -0.494 e. The zero-order valence-corrected chi connectivity index (χ0v) is 24.9. The lowest BCUT2D eigenvalue weighted by Crippen LogP contribution is -2.44. The average molecular weight is 523 g/mol. The molecule has 0 atom stereocenters. The van der Waals surface area contributed by atoms with Crippen LogP contribution in [0.5, 0.6) is 5.75 Å². The number of piperazine rings is 1. The van der Waals surface area contributed by atoms with Crippen LogP contribution >= 0.6 is 0 Å². The molecule has 1 saturated heterocycles. The number of methoxy groups -OCH3 is 1. The molecule has 4 rings (SSSR count). The Morgan fingerprint density at radius 2 is 1.58 bits per heavy atom. The van der Waals surface area contributed by atoms with Crippen molar-refractivity contribution in [1.29, 1.82) is 0 Å². The highest BCUT2D eigenvalue weighted by Crippen LogP contribution is 2.35. The summed E-state index contributed by atoms with van der Waals surface area (Å²) in [6.07, 6.45) is 3.59. The number of hydrogen-bond donors (Lipinski definition) is 2. The fourth-order valence-corrected chi connectivity index (χ4v) is 4.06. The minimum atomic E-state index is 0.494. The van der Waals surface area contributed by atoms with Gasteiger partial charge in [0.15, 0.2) is 5.82 Å². The summed E-state index contributed by atoms with van der Waals surface area (Å²) in [5, 5.41) is 6.76. The number of pyridine rings is 1. The molecule has 2 aromatic heterocycles. The number of nitrogens with zero attached hydrogens (tertiary/aromatic N) is 6. The second-order valence-corrected chi connectivity index (χ2v) is 8.87. The van der Waals surface area contributed by atoms with Crippen LogP contribution in [0.2, 0.25) is 0 Å². The number of hydrogen-bond acceptors (Lipinski definition) is 9. The fraction of sp³-hybridized carbons (Fsp3) is 0.483. The first-order valence-electron chi connectivity index (χ1n) is 13.5. The van der Waals surface area contributed by atoms with Crippen molar-refractivity contribution in [1.82, 2.24) is 19.9 Å². The molecule has 1 aromatic carbocycles. The van der Waals surface area contributed by atoms with Crippen LogP contribution in [-0.2, 0) is 0 Å². The first-order valence-corrected chi connectivity index (χ1v) is 13.5. The van der Waals surface area contributed by atoms with Crippen molar-refractivity contribution in [2.45, 2.75) is 41.5 Å². The number of nitrogens with one attached hydrogen (secondary N) is 2. The Labute approximate surface area is 229 Å². The predicted octanol–water partition coefficient (Wildman–Crippen LogP) is 5.85. The van der Waals surface area contributed by atoms with E-state index in [0.717, 1.165) is 60.5 Å². The molecule has 9 nitrogen and oxygen atoms in total. The summed E-state index contributed by atoms with van der Waals surface area (Å²) in [5.41, 5.74) is 5.04. The molecule has 2 N–H and O–H groups in total. The highest BCUT2D eigenvalue weighted by molar-refractivity contribution is 5.74. The standard InChI is InChI=1S/C25H34N8O.2C2H6/c1-17-14-20(22(34-6)15-21(17)33-12-10-32(5)11-13-33)29-25-27-16-18(2)23(30-25)28-19-8-7-9-26-24(19)31(3)4;2*1-2/h7-9,14-16H,10-13H2,1-6H3,(H2,27,28,29,30);2*1-2H3. The lowest BCUT2D eigenvalue weighted by atomic mass is 10.1. The molecule has 0 radical (unpaired) electrons. The quantitative estimate of drug-likeness (QED) is 0.397. The number of ether oxygens (including phenoxy) is 1. The Morgan fingerprint density at radius 1 is 0.895 bits per heavy atom. The van der Waals surface area contributed by atoms with Gasteiger partial charge >= 0.3 is 0 Å². The van der Waals surface area contributed by atoms with Crippen LogP contribution in [0.15, 0.2) is 36.7 Å². The molecule has 1 aliphatic rings. The molecule has 38 heavy (non-hydrogen) atoms. The van der Waals surface area contributed by atoms with Gasteiger partial charge in [-0.15, -0.1) is 0 Å². The van der Waals surface area contributed by atoms with E-state index in [4.69, 9.17) is 9.72 Å². The van der Waals surface area contributed by atoms with Crippen LogP contribution < -0.4 is 25.2 Å². The maximum atomic E-state index is 5.73. The summed E-state index contributed by atoms with van der Waals surface area (Å²) in [5.74, 6) is 2.82. The maximum Gasteiger partial charge on any atom is 0.229 e. The van der Waals surface area contributed by atoms with Crippen LogP contribution in [-0.4, -0.2) is 74.3 Å². The average Bonchev–Trinajstić information content (AvgIpc) is 2.94. The van der Waals surface area contributed by atoms with E-state index in [1.807, 2.05) is 65.7 Å². The van der Waals surface area contributed by atoms with Crippen LogP contribution in [0, 0.1) is 13.8 Å². The van der Waals surface area contributed by atoms with E-state index >= 15 is 0 Å². The van der Waals surface area contributed by atoms with Gasteiger partial charge in [0.2, 0.25) is 5.95 Å². The third kappa shape index (κ3) is 7.71. The van der Waals surface area contributed by atoms with Gasteiger partial charge in [0.05, 0.1) is 18.5 Å². The molecule has 0 spiro atoms. The van der Waals surface area contributed by atoms with Crippen LogP contribution in [0.25, 0.3) is 0 Å². The molecule has 1 aliphatic heterocycles. The molecular weight excluding hydrogens is 476 g/mol. The van der Waals surface area contributed by atoms with E-state index in [1.165, 1.54) is 11.3 Å². The zero-order valence-electron chi connectivity index (χ0n) is 24.9. The number of rotatable bonds is 7. The molecule has 1 fully saturated rings. The molecule has 3 aromatic rings. The van der Waals surface area contributed by atoms with Crippen LogP contribution in [0.4, 0.5) is 34.6 Å². The summed E-state index contributed by atoms with van der Waals surface area (Å²) >= 11 is 0. The van der Waals surface area contributed by atoms with Gasteiger partial charge in [-0.05, 0) is 44.7 Å². The van der Waals surface area contributed by atoms with Gasteiger partial charge in [-0.1, -0.05) is 27.7 Å². The maximum absolute atomic E-state index is 5.73. The van der Waals surface area contributed by atoms with E-state index in [-0.39, 0.29) is 0 Å². The van der Waals surface area contributed by atoms with Crippen molar-refractivity contribution in [2.75, 3.05) is 74.9 Å². The van der Waals surface area contributed by atoms with E-state index in [0.29, 0.717) is 5.95 Å². The Hall–Kier alpha value is -3.59. The molecule has 0 amide bonds. The molecule has 3 heterocycles. The van der Waals surface area contributed by atoms with Gasteiger partial charge in [-0.2, -0.15) is 4.98 Å². The van der Waals surface area contributed by atoms with E-state index < -0.39 is 0 Å². The third-order valence-electron chi connectivity index (χ3n) is 6.04. The normalized spacial score (nSPS) is 12.9. The molecule has 0 saturated carbocycles. The van der Waals surface area contributed by atoms with Gasteiger partial charge in [0.1, 0.15) is 11.6 Å². The Kier molecular flexibility index (Phi) is 12.1. The van der Waals surface area contributed by atoms with E-state index in [9.17, 15) is 0 Å². The van der Waals surface area contributed by atoms with Gasteiger partial charge in [0, 0.05) is 70.0 Å². The van der Waals surface area contributed by atoms with Crippen LogP contribution in [0.3, 0.4) is 0 Å². The Morgan fingerprint density at radius 3 is 2.21 bits per heavy atom. The Balaban J connectivity index is 0.00000121. The highest BCUT2D eigenvalue weighted by atomic mass is 16.5. The number of aryl methyl sites for hydroxylation is 2. The van der Waals surface area contributed by atoms with Crippen LogP contribution in [0.1, 0.15) is 38.8 Å². The second-order valence-electron chi connectivity index (χ2n) is 8.87. The summed E-state index contributed by atoms with van der Waals surface area (Å²) in [6.45, 7) is 16.2. The third-order valence-corrected chi connectivity index (χ3v) is 6.04. The molecule has 0 aliphatic carbocycles. The number of benzene rings is 1. The Bertz CT molecular complexity index is 1140. The first-order chi connectivity index (χ1) is 18.4. The predicted molar refractivity (Wildman–Crippen MR) is 162 cm³/mol. The summed E-state index contributed by atoms with van der Waals surface area (Å²) in [6, 6.07) is 8.10. The van der Waals surface area contributed by atoms with Crippen molar-refractivity contribution < 1.29 is 4.74 Å². The molecule has 0 unspecified atom stereocenters.